The van der Waals surface area contributed by atoms with Crippen molar-refractivity contribution in [1.29, 1.82) is 0 Å². The maximum atomic E-state index is 10.9. The van der Waals surface area contributed by atoms with Crippen molar-refractivity contribution in [2.45, 2.75) is 19.4 Å². The summed E-state index contributed by atoms with van der Waals surface area (Å²) in [5.41, 5.74) is 0.669. The molecule has 2 aromatic carbocycles. The fourth-order valence-electron chi connectivity index (χ4n) is 1.69. The Hall–Kier alpha value is -1.000. The molecule has 0 fully saturated rings. The summed E-state index contributed by atoms with van der Waals surface area (Å²) in [5, 5.41) is 11.6. The number of aliphatic carboxylic acids is 1. The first-order chi connectivity index (χ1) is 9.38. The Morgan fingerprint density at radius 2 is 1.43 bits per heavy atom. The van der Waals surface area contributed by atoms with Crippen molar-refractivity contribution < 1.29 is 44.2 Å². The van der Waals surface area contributed by atoms with Crippen LogP contribution in [0.1, 0.15) is 13.8 Å². The third-order valence-electron chi connectivity index (χ3n) is 2.90. The molecule has 0 saturated carbocycles. The van der Waals surface area contributed by atoms with Crippen molar-refractivity contribution in [1.82, 2.24) is 0 Å². The Labute approximate surface area is 151 Å². The Balaban J connectivity index is 0.00000220. The van der Waals surface area contributed by atoms with Gasteiger partial charge in [0.1, 0.15) is 11.4 Å². The normalized spacial score (nSPS) is 10.6. The summed E-state index contributed by atoms with van der Waals surface area (Å²) < 4.78 is 5.39. The summed E-state index contributed by atoms with van der Waals surface area (Å²) in [4.78, 5) is 10.9. The molecule has 3 nitrogen and oxygen atoms in total. The summed E-state index contributed by atoms with van der Waals surface area (Å²) in [6.45, 7) is 2.91. The number of rotatable bonds is 4. The quantitative estimate of drug-likeness (QED) is 0.742. The topological polar surface area (TPSA) is 49.4 Å². The van der Waals surface area contributed by atoms with Crippen LogP contribution in [-0.2, 0) is 4.79 Å². The van der Waals surface area contributed by atoms with Crippen LogP contribution < -0.4 is 39.4 Å². The van der Waals surface area contributed by atoms with Gasteiger partial charge in [-0.1, -0.05) is 35.9 Å². The number of carboxylic acids is 1. The SMILES string of the molecule is CC(C)(Oc1ccc(-c2ccc(Cl)cc2)cc1)C(=O)[O-].[Na+]. The minimum absolute atomic E-state index is 0. The van der Waals surface area contributed by atoms with Gasteiger partial charge < -0.3 is 14.6 Å². The predicted molar refractivity (Wildman–Crippen MR) is 76.6 cm³/mol. The van der Waals surface area contributed by atoms with Gasteiger partial charge in [-0.2, -0.15) is 0 Å². The molecule has 0 N–H and O–H groups in total. The van der Waals surface area contributed by atoms with Gasteiger partial charge in [0.25, 0.3) is 0 Å². The number of halogens is 1. The van der Waals surface area contributed by atoms with Gasteiger partial charge in [-0.25, -0.2) is 0 Å². The second kappa shape index (κ2) is 7.32. The molecular weight excluding hydrogens is 299 g/mol. The third kappa shape index (κ3) is 4.75. The largest absolute Gasteiger partial charge is 1.00 e. The summed E-state index contributed by atoms with van der Waals surface area (Å²) in [6.07, 6.45) is 0. The number of carbonyl (C=O) groups is 1. The summed E-state index contributed by atoms with van der Waals surface area (Å²) >= 11 is 5.85. The van der Waals surface area contributed by atoms with E-state index >= 15 is 0 Å². The van der Waals surface area contributed by atoms with Crippen LogP contribution in [0.3, 0.4) is 0 Å². The summed E-state index contributed by atoms with van der Waals surface area (Å²) in [6, 6.07) is 14.7. The van der Waals surface area contributed by atoms with Crippen LogP contribution in [0.15, 0.2) is 48.5 Å². The number of benzene rings is 2. The number of hydrogen-bond donors (Lipinski definition) is 0. The van der Waals surface area contributed by atoms with Crippen molar-refractivity contribution in [3.05, 3.63) is 53.6 Å². The molecule has 0 unspecified atom stereocenters. The van der Waals surface area contributed by atoms with Gasteiger partial charge in [0.05, 0.1) is 5.97 Å². The van der Waals surface area contributed by atoms with Gasteiger partial charge in [-0.3, -0.25) is 0 Å². The van der Waals surface area contributed by atoms with Gasteiger partial charge in [0, 0.05) is 5.02 Å². The summed E-state index contributed by atoms with van der Waals surface area (Å²) in [7, 11) is 0. The van der Waals surface area contributed by atoms with Gasteiger partial charge in [-0.05, 0) is 49.2 Å². The third-order valence-corrected chi connectivity index (χ3v) is 3.15. The van der Waals surface area contributed by atoms with E-state index in [4.69, 9.17) is 16.3 Å². The fourth-order valence-corrected chi connectivity index (χ4v) is 1.82. The Kier molecular flexibility index (Phi) is 6.29. The molecule has 21 heavy (non-hydrogen) atoms. The molecule has 0 aliphatic carbocycles. The van der Waals surface area contributed by atoms with Crippen molar-refractivity contribution in [3.8, 4) is 16.9 Å². The van der Waals surface area contributed by atoms with Crippen LogP contribution in [0, 0.1) is 0 Å². The zero-order chi connectivity index (χ0) is 14.8. The zero-order valence-electron chi connectivity index (χ0n) is 12.2. The molecule has 2 aromatic rings. The van der Waals surface area contributed by atoms with E-state index in [0.717, 1.165) is 11.1 Å². The standard InChI is InChI=1S/C16H15ClO3.Na/c1-16(2,15(18)19)20-14-9-5-12(6-10-14)11-3-7-13(17)8-4-11;/h3-10H,1-2H3,(H,18,19);/q;+1/p-1. The number of carbonyl (C=O) groups excluding carboxylic acids is 1. The van der Waals surface area contributed by atoms with Gasteiger partial charge in [0.2, 0.25) is 0 Å². The molecule has 0 heterocycles. The monoisotopic (exact) mass is 312 g/mol. The minimum Gasteiger partial charge on any atom is -0.546 e. The fraction of sp³-hybridized carbons (Fsp3) is 0.188. The van der Waals surface area contributed by atoms with Crippen molar-refractivity contribution in [3.63, 3.8) is 0 Å². The number of ether oxygens (including phenoxy) is 1. The smallest absolute Gasteiger partial charge is 0.546 e. The van der Waals surface area contributed by atoms with Crippen LogP contribution >= 0.6 is 11.6 Å². The predicted octanol–water partition coefficient (Wildman–Crippen LogP) is -0.0817. The number of carboxylic acid groups (broad SMARTS) is 1. The van der Waals surface area contributed by atoms with Gasteiger partial charge in [-0.15, -0.1) is 0 Å². The molecule has 2 rings (SSSR count). The molecule has 0 saturated heterocycles. The number of hydrogen-bond acceptors (Lipinski definition) is 3. The molecule has 5 heteroatoms. The van der Waals surface area contributed by atoms with E-state index in [0.29, 0.717) is 10.8 Å². The maximum Gasteiger partial charge on any atom is 1.00 e. The Bertz CT molecular complexity index is 606. The second-order valence-electron chi connectivity index (χ2n) is 4.93. The van der Waals surface area contributed by atoms with E-state index in [9.17, 15) is 9.90 Å². The van der Waals surface area contributed by atoms with Crippen molar-refractivity contribution in [2.24, 2.45) is 0 Å². The average Bonchev–Trinajstić information content (AvgIpc) is 2.40. The van der Waals surface area contributed by atoms with Crippen molar-refractivity contribution >= 4 is 17.6 Å². The summed E-state index contributed by atoms with van der Waals surface area (Å²) in [5.74, 6) is -0.767. The van der Waals surface area contributed by atoms with E-state index in [1.54, 1.807) is 12.1 Å². The zero-order valence-corrected chi connectivity index (χ0v) is 15.0. The molecule has 0 bridgehead atoms. The van der Waals surface area contributed by atoms with E-state index in [1.165, 1.54) is 13.8 Å². The first-order valence-electron chi connectivity index (χ1n) is 6.15. The van der Waals surface area contributed by atoms with Gasteiger partial charge >= 0.3 is 29.6 Å². The van der Waals surface area contributed by atoms with Crippen LogP contribution in [0.5, 0.6) is 5.75 Å². The van der Waals surface area contributed by atoms with Crippen LogP contribution in [-0.4, -0.2) is 11.6 Å². The van der Waals surface area contributed by atoms with E-state index in [2.05, 4.69) is 0 Å². The van der Waals surface area contributed by atoms with Crippen LogP contribution in [0.4, 0.5) is 0 Å². The first-order valence-corrected chi connectivity index (χ1v) is 6.53. The molecule has 0 aliphatic rings. The van der Waals surface area contributed by atoms with Crippen LogP contribution in [0.2, 0.25) is 5.02 Å². The molecule has 0 radical (unpaired) electrons. The Morgan fingerprint density at radius 1 is 1.00 bits per heavy atom. The van der Waals surface area contributed by atoms with E-state index in [-0.39, 0.29) is 29.6 Å². The van der Waals surface area contributed by atoms with E-state index in [1.807, 2.05) is 36.4 Å². The van der Waals surface area contributed by atoms with E-state index < -0.39 is 11.6 Å². The second-order valence-corrected chi connectivity index (χ2v) is 5.37. The van der Waals surface area contributed by atoms with Gasteiger partial charge in [0.15, 0.2) is 0 Å². The Morgan fingerprint density at radius 3 is 1.86 bits per heavy atom. The molecule has 0 atom stereocenters. The molecule has 0 aromatic heterocycles. The minimum atomic E-state index is -1.36. The van der Waals surface area contributed by atoms with Crippen molar-refractivity contribution in [2.75, 3.05) is 0 Å². The first kappa shape index (κ1) is 18.1. The van der Waals surface area contributed by atoms with Crippen LogP contribution in [0.25, 0.3) is 11.1 Å². The molecule has 0 aliphatic heterocycles. The molecular formula is C16H14ClNaO3. The maximum absolute atomic E-state index is 10.9. The molecule has 0 amide bonds. The molecule has 104 valence electrons. The average molecular weight is 313 g/mol. The molecule has 0 spiro atoms.